The molecule has 0 fully saturated rings. The number of hydrogen-bond acceptors (Lipinski definition) is 4. The third-order valence-corrected chi connectivity index (χ3v) is 2.54. The lowest BCUT2D eigenvalue weighted by atomic mass is 10.3. The first-order valence-electron chi connectivity index (χ1n) is 6.25. The van der Waals surface area contributed by atoms with E-state index in [1.165, 1.54) is 0 Å². The second kappa shape index (κ2) is 10.0. The molecule has 1 N–H and O–H groups in total. The molecule has 0 heterocycles. The van der Waals surface area contributed by atoms with Gasteiger partial charge >= 0.3 is 0 Å². The van der Waals surface area contributed by atoms with Crippen LogP contribution in [0.2, 0.25) is 0 Å². The van der Waals surface area contributed by atoms with Crippen LogP contribution < -0.4 is 5.32 Å². The number of hydrogen-bond donors (Lipinski definition) is 1. The van der Waals surface area contributed by atoms with Crippen molar-refractivity contribution in [3.8, 4) is 0 Å². The van der Waals surface area contributed by atoms with Crippen LogP contribution in [0.15, 0.2) is 0 Å². The van der Waals surface area contributed by atoms with Gasteiger partial charge in [0, 0.05) is 38.9 Å². The van der Waals surface area contributed by atoms with Crippen molar-refractivity contribution in [3.05, 3.63) is 0 Å². The molecule has 0 aromatic carbocycles. The van der Waals surface area contributed by atoms with Crippen molar-refractivity contribution in [2.75, 3.05) is 39.9 Å². The van der Waals surface area contributed by atoms with E-state index in [1.54, 1.807) is 0 Å². The fourth-order valence-electron chi connectivity index (χ4n) is 1.27. The summed E-state index contributed by atoms with van der Waals surface area (Å²) in [5, 5.41) is 3.35. The molecule has 0 atom stereocenters. The Kier molecular flexibility index (Phi) is 9.92. The zero-order chi connectivity index (χ0) is 12.4. The molecule has 0 aliphatic heterocycles. The fraction of sp³-hybridized carbons (Fsp3) is 1.00. The van der Waals surface area contributed by atoms with E-state index in [0.29, 0.717) is 19.3 Å². The first-order chi connectivity index (χ1) is 7.61. The highest BCUT2D eigenvalue weighted by Gasteiger charge is 2.07. The van der Waals surface area contributed by atoms with Gasteiger partial charge in [0.2, 0.25) is 0 Å². The molecular formula is C12H28N2O2. The number of ether oxygens (including phenoxy) is 2. The van der Waals surface area contributed by atoms with Gasteiger partial charge in [0.25, 0.3) is 0 Å². The lowest BCUT2D eigenvalue weighted by molar-refractivity contribution is -0.132. The maximum Gasteiger partial charge on any atom is 0.169 e. The van der Waals surface area contributed by atoms with Crippen LogP contribution in [0.5, 0.6) is 0 Å². The predicted octanol–water partition coefficient (Wildman–Crippen LogP) is 1.32. The van der Waals surface area contributed by atoms with Gasteiger partial charge in [-0.1, -0.05) is 0 Å². The summed E-state index contributed by atoms with van der Waals surface area (Å²) in [5.74, 6) is 0. The first-order valence-corrected chi connectivity index (χ1v) is 6.25. The van der Waals surface area contributed by atoms with E-state index in [-0.39, 0.29) is 6.29 Å². The van der Waals surface area contributed by atoms with Crippen LogP contribution in [0.3, 0.4) is 0 Å². The number of rotatable bonds is 10. The Morgan fingerprint density at radius 3 is 2.12 bits per heavy atom. The second-order valence-electron chi connectivity index (χ2n) is 4.12. The van der Waals surface area contributed by atoms with Gasteiger partial charge in [-0.3, -0.25) is 0 Å². The monoisotopic (exact) mass is 232 g/mol. The van der Waals surface area contributed by atoms with Crippen molar-refractivity contribution in [2.24, 2.45) is 0 Å². The molecule has 4 heteroatoms. The van der Waals surface area contributed by atoms with E-state index < -0.39 is 0 Å². The Balaban J connectivity index is 3.53. The van der Waals surface area contributed by atoms with Crippen molar-refractivity contribution in [1.82, 2.24) is 10.2 Å². The molecule has 0 unspecified atom stereocenters. The highest BCUT2D eigenvalue weighted by Crippen LogP contribution is 1.94. The van der Waals surface area contributed by atoms with E-state index in [2.05, 4.69) is 31.1 Å². The number of likely N-dealkylation sites (N-methyl/N-ethyl adjacent to an activating group) is 1. The third-order valence-electron chi connectivity index (χ3n) is 2.54. The minimum Gasteiger partial charge on any atom is -0.352 e. The molecule has 0 aliphatic carbocycles. The molecule has 0 amide bonds. The van der Waals surface area contributed by atoms with Crippen molar-refractivity contribution < 1.29 is 9.47 Å². The molecule has 0 aromatic rings. The van der Waals surface area contributed by atoms with Crippen LogP contribution in [0.25, 0.3) is 0 Å². The Bertz CT molecular complexity index is 148. The average Bonchev–Trinajstić information content (AvgIpc) is 2.24. The van der Waals surface area contributed by atoms with E-state index >= 15 is 0 Å². The minimum absolute atomic E-state index is 0.112. The van der Waals surface area contributed by atoms with Crippen molar-refractivity contribution in [2.45, 2.75) is 40.0 Å². The van der Waals surface area contributed by atoms with Crippen molar-refractivity contribution in [3.63, 3.8) is 0 Å². The maximum atomic E-state index is 5.44. The molecule has 0 aliphatic rings. The molecule has 16 heavy (non-hydrogen) atoms. The highest BCUT2D eigenvalue weighted by molar-refractivity contribution is 4.59. The van der Waals surface area contributed by atoms with Crippen LogP contribution in [0, 0.1) is 0 Å². The smallest absolute Gasteiger partial charge is 0.169 e. The lowest BCUT2D eigenvalue weighted by Crippen LogP contribution is -2.38. The minimum atomic E-state index is -0.112. The zero-order valence-electron chi connectivity index (χ0n) is 11.5. The van der Waals surface area contributed by atoms with Crippen LogP contribution >= 0.6 is 0 Å². The van der Waals surface area contributed by atoms with Gasteiger partial charge < -0.3 is 19.7 Å². The van der Waals surface area contributed by atoms with Crippen LogP contribution in [-0.4, -0.2) is 57.1 Å². The fourth-order valence-corrected chi connectivity index (χ4v) is 1.27. The highest BCUT2D eigenvalue weighted by atomic mass is 16.7. The van der Waals surface area contributed by atoms with Gasteiger partial charge in [-0.05, 0) is 34.7 Å². The lowest BCUT2D eigenvalue weighted by Gasteiger charge is -2.22. The molecule has 0 aromatic heterocycles. The van der Waals surface area contributed by atoms with E-state index in [0.717, 1.165) is 19.6 Å². The Morgan fingerprint density at radius 2 is 1.69 bits per heavy atom. The molecule has 0 bridgehead atoms. The van der Waals surface area contributed by atoms with Gasteiger partial charge in [0.1, 0.15) is 0 Å². The van der Waals surface area contributed by atoms with Crippen molar-refractivity contribution >= 4 is 0 Å². The quantitative estimate of drug-likeness (QED) is 0.455. The summed E-state index contributed by atoms with van der Waals surface area (Å²) in [7, 11) is 2.13. The zero-order valence-corrected chi connectivity index (χ0v) is 11.5. The molecule has 0 rings (SSSR count). The molecular weight excluding hydrogens is 204 g/mol. The molecule has 4 nitrogen and oxygen atoms in total. The number of nitrogens with one attached hydrogen (secondary N) is 1. The molecule has 0 spiro atoms. The summed E-state index contributed by atoms with van der Waals surface area (Å²) in [4.78, 5) is 2.31. The normalized spacial score (nSPS) is 12.0. The van der Waals surface area contributed by atoms with Crippen LogP contribution in [0.1, 0.15) is 27.7 Å². The largest absolute Gasteiger partial charge is 0.352 e. The summed E-state index contributed by atoms with van der Waals surface area (Å²) >= 11 is 0. The van der Waals surface area contributed by atoms with Crippen LogP contribution in [0.4, 0.5) is 0 Å². The number of nitrogens with zero attached hydrogens (tertiary/aromatic N) is 1. The first kappa shape index (κ1) is 15.8. The Morgan fingerprint density at radius 1 is 1.12 bits per heavy atom. The van der Waals surface area contributed by atoms with Gasteiger partial charge in [0.05, 0.1) is 0 Å². The molecule has 0 saturated carbocycles. The average molecular weight is 232 g/mol. The maximum absolute atomic E-state index is 5.44. The molecule has 98 valence electrons. The standard InChI is InChI=1S/C12H28N2O2/c1-6-15-12(16-7-2)10-13-8-9-14(5)11(3)4/h11-13H,6-10H2,1-5H3. The van der Waals surface area contributed by atoms with Gasteiger partial charge in [-0.25, -0.2) is 0 Å². The summed E-state index contributed by atoms with van der Waals surface area (Å²) < 4.78 is 10.9. The SMILES string of the molecule is CCOC(CNCCN(C)C(C)C)OCC. The summed E-state index contributed by atoms with van der Waals surface area (Å²) in [5.41, 5.74) is 0. The molecule has 0 saturated heterocycles. The second-order valence-corrected chi connectivity index (χ2v) is 4.12. The van der Waals surface area contributed by atoms with Gasteiger partial charge in [-0.2, -0.15) is 0 Å². The van der Waals surface area contributed by atoms with Gasteiger partial charge in [0.15, 0.2) is 6.29 Å². The van der Waals surface area contributed by atoms with E-state index in [4.69, 9.17) is 9.47 Å². The summed E-state index contributed by atoms with van der Waals surface area (Å²) in [6, 6.07) is 0.594. The van der Waals surface area contributed by atoms with E-state index in [1.807, 2.05) is 13.8 Å². The molecule has 0 radical (unpaired) electrons. The topological polar surface area (TPSA) is 33.7 Å². The Labute approximate surface area is 100 Å². The predicted molar refractivity (Wildman–Crippen MR) is 67.7 cm³/mol. The summed E-state index contributed by atoms with van der Waals surface area (Å²) in [6.45, 7) is 12.5. The van der Waals surface area contributed by atoms with Gasteiger partial charge in [-0.15, -0.1) is 0 Å². The van der Waals surface area contributed by atoms with Crippen molar-refractivity contribution in [1.29, 1.82) is 0 Å². The third kappa shape index (κ3) is 8.05. The Hall–Kier alpha value is -0.160. The summed E-state index contributed by atoms with van der Waals surface area (Å²) in [6.07, 6.45) is -0.112. The van der Waals surface area contributed by atoms with Crippen LogP contribution in [-0.2, 0) is 9.47 Å². The van der Waals surface area contributed by atoms with E-state index in [9.17, 15) is 0 Å².